The van der Waals surface area contributed by atoms with Crippen molar-refractivity contribution in [1.29, 1.82) is 0 Å². The quantitative estimate of drug-likeness (QED) is 0.766. The summed E-state index contributed by atoms with van der Waals surface area (Å²) in [6.45, 7) is 2.10. The predicted molar refractivity (Wildman–Crippen MR) is 94.9 cm³/mol. The van der Waals surface area contributed by atoms with Gasteiger partial charge in [0, 0.05) is 26.1 Å². The molecule has 2 aromatic rings. The maximum Gasteiger partial charge on any atom is 0.305 e. The Kier molecular flexibility index (Phi) is 5.80. The molecule has 3 rings (SSSR count). The second-order valence-corrected chi connectivity index (χ2v) is 6.71. The molecule has 1 aromatic carbocycles. The van der Waals surface area contributed by atoms with Crippen molar-refractivity contribution in [1.82, 2.24) is 25.1 Å². The molecule has 1 fully saturated rings. The van der Waals surface area contributed by atoms with Crippen LogP contribution in [0.5, 0.6) is 0 Å². The summed E-state index contributed by atoms with van der Waals surface area (Å²) in [5, 5.41) is 20.8. The van der Waals surface area contributed by atoms with Gasteiger partial charge >= 0.3 is 5.97 Å². The molecular weight excluding hydrogens is 350 g/mol. The van der Waals surface area contributed by atoms with Crippen LogP contribution in [0.15, 0.2) is 30.3 Å². The van der Waals surface area contributed by atoms with Crippen LogP contribution in [-0.4, -0.2) is 67.9 Å². The summed E-state index contributed by atoms with van der Waals surface area (Å²) in [6, 6.07) is 8.56. The highest BCUT2D eigenvalue weighted by Gasteiger charge is 2.40. The average molecular weight is 373 g/mol. The Morgan fingerprint density at radius 2 is 2.07 bits per heavy atom. The van der Waals surface area contributed by atoms with Crippen LogP contribution >= 0.6 is 0 Å². The molecule has 1 N–H and O–H groups in total. The lowest BCUT2D eigenvalue weighted by molar-refractivity contribution is -0.141. The number of hydrogen-bond donors (Lipinski definition) is 1. The first-order chi connectivity index (χ1) is 13.0. The molecule has 1 aliphatic rings. The number of carboxylic acid groups (broad SMARTS) is 1. The van der Waals surface area contributed by atoms with Crippen LogP contribution in [0.2, 0.25) is 0 Å². The van der Waals surface area contributed by atoms with Crippen molar-refractivity contribution >= 4 is 11.9 Å². The van der Waals surface area contributed by atoms with Crippen LogP contribution < -0.4 is 0 Å². The van der Waals surface area contributed by atoms with Crippen LogP contribution in [0, 0.1) is 6.92 Å². The van der Waals surface area contributed by atoms with Crippen molar-refractivity contribution in [2.24, 2.45) is 0 Å². The number of aliphatic carboxylic acids is 1. The van der Waals surface area contributed by atoms with Gasteiger partial charge in [0.05, 0.1) is 12.5 Å². The van der Waals surface area contributed by atoms with Crippen molar-refractivity contribution in [2.75, 3.05) is 13.7 Å². The van der Waals surface area contributed by atoms with Gasteiger partial charge in [-0.3, -0.25) is 9.59 Å². The molecule has 9 nitrogen and oxygen atoms in total. The topological polar surface area (TPSA) is 110 Å². The SMILES string of the molecule is COC1CC(CC(=O)O)N(C(=O)C(Cc2ccccc2)n2nnnc2C)C1. The third-order valence-corrected chi connectivity index (χ3v) is 4.91. The van der Waals surface area contributed by atoms with Crippen molar-refractivity contribution in [3.63, 3.8) is 0 Å². The minimum absolute atomic E-state index is 0.113. The molecule has 1 saturated heterocycles. The summed E-state index contributed by atoms with van der Waals surface area (Å²) in [6.07, 6.45) is 0.629. The second kappa shape index (κ2) is 8.26. The van der Waals surface area contributed by atoms with Gasteiger partial charge in [0.2, 0.25) is 5.91 Å². The highest BCUT2D eigenvalue weighted by molar-refractivity contribution is 5.82. The van der Waals surface area contributed by atoms with E-state index in [2.05, 4.69) is 15.5 Å². The van der Waals surface area contributed by atoms with Crippen molar-refractivity contribution in [2.45, 2.75) is 44.4 Å². The van der Waals surface area contributed by atoms with E-state index in [1.54, 1.807) is 18.9 Å². The molecule has 9 heteroatoms. The third kappa shape index (κ3) is 4.30. The van der Waals surface area contributed by atoms with Crippen LogP contribution in [0.3, 0.4) is 0 Å². The highest BCUT2D eigenvalue weighted by Crippen LogP contribution is 2.27. The molecular formula is C18H23N5O4. The van der Waals surface area contributed by atoms with Crippen molar-refractivity contribution < 1.29 is 19.4 Å². The monoisotopic (exact) mass is 373 g/mol. The Balaban J connectivity index is 1.89. The van der Waals surface area contributed by atoms with E-state index in [-0.39, 0.29) is 18.4 Å². The number of ether oxygens (including phenoxy) is 1. The molecule has 3 unspecified atom stereocenters. The Morgan fingerprint density at radius 1 is 1.33 bits per heavy atom. The number of carboxylic acids is 1. The van der Waals surface area contributed by atoms with Gasteiger partial charge in [0.25, 0.3) is 0 Å². The van der Waals surface area contributed by atoms with Crippen LogP contribution in [0.4, 0.5) is 0 Å². The van der Waals surface area contributed by atoms with Gasteiger partial charge in [0.1, 0.15) is 11.9 Å². The number of likely N-dealkylation sites (tertiary alicyclic amines) is 1. The molecule has 0 aliphatic carbocycles. The normalized spacial score (nSPS) is 20.6. The van der Waals surface area contributed by atoms with Gasteiger partial charge < -0.3 is 14.7 Å². The summed E-state index contributed by atoms with van der Waals surface area (Å²) in [4.78, 5) is 26.3. The minimum Gasteiger partial charge on any atom is -0.481 e. The fourth-order valence-electron chi connectivity index (χ4n) is 3.54. The Bertz CT molecular complexity index is 794. The zero-order chi connectivity index (χ0) is 19.4. The number of carbonyl (C=O) groups excluding carboxylic acids is 1. The summed E-state index contributed by atoms with van der Waals surface area (Å²) < 4.78 is 6.89. The molecule has 0 radical (unpaired) electrons. The van der Waals surface area contributed by atoms with E-state index in [1.165, 1.54) is 4.68 Å². The number of aryl methyl sites for hydroxylation is 1. The number of amides is 1. The van der Waals surface area contributed by atoms with Gasteiger partial charge in [0.15, 0.2) is 0 Å². The Labute approximate surface area is 156 Å². The van der Waals surface area contributed by atoms with Crippen LogP contribution in [0.1, 0.15) is 30.3 Å². The number of methoxy groups -OCH3 is 1. The number of aromatic nitrogens is 4. The number of tetrazole rings is 1. The van der Waals surface area contributed by atoms with Gasteiger partial charge in [-0.15, -0.1) is 5.10 Å². The van der Waals surface area contributed by atoms with E-state index in [4.69, 9.17) is 4.74 Å². The number of hydrogen-bond acceptors (Lipinski definition) is 6. The summed E-state index contributed by atoms with van der Waals surface area (Å²) in [5.41, 5.74) is 0.975. The number of rotatable bonds is 7. The van der Waals surface area contributed by atoms with Gasteiger partial charge in [-0.2, -0.15) is 0 Å². The molecule has 0 saturated carbocycles. The van der Waals surface area contributed by atoms with Crippen LogP contribution in [0.25, 0.3) is 0 Å². The lowest BCUT2D eigenvalue weighted by atomic mass is 10.0. The highest BCUT2D eigenvalue weighted by atomic mass is 16.5. The maximum atomic E-state index is 13.4. The van der Waals surface area contributed by atoms with E-state index in [1.807, 2.05) is 30.3 Å². The lowest BCUT2D eigenvalue weighted by Gasteiger charge is -2.28. The second-order valence-electron chi connectivity index (χ2n) is 6.71. The van der Waals surface area contributed by atoms with Crippen molar-refractivity contribution in [3.05, 3.63) is 41.7 Å². The summed E-state index contributed by atoms with van der Waals surface area (Å²) in [5.74, 6) is -0.602. The number of carbonyl (C=O) groups is 2. The molecule has 2 heterocycles. The number of nitrogens with zero attached hydrogens (tertiary/aromatic N) is 5. The first-order valence-electron chi connectivity index (χ1n) is 8.83. The molecule has 1 aliphatic heterocycles. The van der Waals surface area contributed by atoms with Gasteiger partial charge in [-0.05, 0) is 29.3 Å². The smallest absolute Gasteiger partial charge is 0.305 e. The predicted octanol–water partition coefficient (Wildman–Crippen LogP) is 0.856. The molecule has 144 valence electrons. The fourth-order valence-corrected chi connectivity index (χ4v) is 3.54. The van der Waals surface area contributed by atoms with E-state index in [9.17, 15) is 14.7 Å². The largest absolute Gasteiger partial charge is 0.481 e. The van der Waals surface area contributed by atoms with Gasteiger partial charge in [-0.25, -0.2) is 4.68 Å². The van der Waals surface area contributed by atoms with E-state index in [0.29, 0.717) is 25.2 Å². The van der Waals surface area contributed by atoms with Crippen molar-refractivity contribution in [3.8, 4) is 0 Å². The third-order valence-electron chi connectivity index (χ3n) is 4.91. The van der Waals surface area contributed by atoms with Crippen LogP contribution in [-0.2, 0) is 20.7 Å². The van der Waals surface area contributed by atoms with E-state index in [0.717, 1.165) is 5.56 Å². The minimum atomic E-state index is -0.937. The molecule has 0 bridgehead atoms. The average Bonchev–Trinajstić information content (AvgIpc) is 3.25. The molecule has 3 atom stereocenters. The summed E-state index contributed by atoms with van der Waals surface area (Å²) in [7, 11) is 1.57. The first-order valence-corrected chi connectivity index (χ1v) is 8.83. The summed E-state index contributed by atoms with van der Waals surface area (Å²) >= 11 is 0. The zero-order valence-corrected chi connectivity index (χ0v) is 15.4. The fraction of sp³-hybridized carbons (Fsp3) is 0.500. The molecule has 1 amide bonds. The molecule has 0 spiro atoms. The molecule has 27 heavy (non-hydrogen) atoms. The molecule has 1 aromatic heterocycles. The number of benzene rings is 1. The lowest BCUT2D eigenvalue weighted by Crippen LogP contribution is -2.43. The van der Waals surface area contributed by atoms with Gasteiger partial charge in [-0.1, -0.05) is 30.3 Å². The first kappa shape index (κ1) is 19.0. The van der Waals surface area contributed by atoms with E-state index < -0.39 is 18.1 Å². The Morgan fingerprint density at radius 3 is 2.67 bits per heavy atom. The zero-order valence-electron chi connectivity index (χ0n) is 15.4. The van der Waals surface area contributed by atoms with E-state index >= 15 is 0 Å². The Hall–Kier alpha value is -2.81. The standard InChI is InChI=1S/C18H23N5O4/c1-12-19-20-21-23(12)16(8-13-6-4-3-5-7-13)18(26)22-11-15(27-2)9-14(22)10-17(24)25/h3-7,14-16H,8-11H2,1-2H3,(H,24,25). The maximum absolute atomic E-state index is 13.4.